The number of halogens is 5. The van der Waals surface area contributed by atoms with Crippen LogP contribution in [0.4, 0.5) is 30.2 Å². The van der Waals surface area contributed by atoms with E-state index in [4.69, 9.17) is 23.2 Å². The summed E-state index contributed by atoms with van der Waals surface area (Å²) >= 11 is 11.4. The molecule has 0 saturated carbocycles. The van der Waals surface area contributed by atoms with Crippen LogP contribution in [0.2, 0.25) is 10.0 Å². The van der Waals surface area contributed by atoms with E-state index >= 15 is 0 Å². The van der Waals surface area contributed by atoms with Crippen LogP contribution in [0.5, 0.6) is 0 Å². The molecule has 8 nitrogen and oxygen atoms in total. The average molecular weight is 659 g/mol. The van der Waals surface area contributed by atoms with Crippen LogP contribution in [0, 0.1) is 0 Å². The Morgan fingerprint density at radius 2 is 1.31 bits per heavy atom. The Morgan fingerprint density at radius 3 is 1.88 bits per heavy atom. The number of nitrogens with zero attached hydrogens (tertiary/aromatic N) is 1. The number of nitrogens with one attached hydrogen (secondary N) is 2. The molecule has 2 N–H and O–H groups in total. The van der Waals surface area contributed by atoms with E-state index in [1.54, 1.807) is 0 Å². The molecule has 0 aromatic heterocycles. The van der Waals surface area contributed by atoms with Gasteiger partial charge in [0.25, 0.3) is 26.0 Å². The van der Waals surface area contributed by atoms with Gasteiger partial charge in [-0.2, -0.15) is 13.2 Å². The van der Waals surface area contributed by atoms with Gasteiger partial charge in [0.05, 0.1) is 26.1 Å². The van der Waals surface area contributed by atoms with Crippen molar-refractivity contribution < 1.29 is 34.8 Å². The number of rotatable bonds is 8. The minimum Gasteiger partial charge on any atom is -0.322 e. The molecule has 0 aliphatic heterocycles. The van der Waals surface area contributed by atoms with E-state index < -0.39 is 42.7 Å². The van der Waals surface area contributed by atoms with E-state index in [-0.39, 0.29) is 26.7 Å². The van der Waals surface area contributed by atoms with Crippen molar-refractivity contribution in [3.63, 3.8) is 0 Å². The molecule has 0 unspecified atom stereocenters. The SMILES string of the molecule is CN(c1ccc(C(=O)Nc2ccc(S(=O)(=O)Nc3ccc(Cl)c(C(F)(F)F)c3)cc2)cc1)S(=O)(=O)c1ccc(Cl)cc1. The minimum atomic E-state index is -4.77. The first-order valence-electron chi connectivity index (χ1n) is 11.7. The first-order valence-corrected chi connectivity index (χ1v) is 15.4. The first-order chi connectivity index (χ1) is 19.6. The zero-order chi connectivity index (χ0) is 30.9. The molecule has 0 aliphatic carbocycles. The zero-order valence-corrected chi connectivity index (χ0v) is 24.5. The third-order valence-electron chi connectivity index (χ3n) is 5.91. The van der Waals surface area contributed by atoms with Crippen LogP contribution in [-0.4, -0.2) is 29.8 Å². The molecule has 4 aromatic rings. The molecule has 0 fully saturated rings. The number of carbonyl (C=O) groups is 1. The summed E-state index contributed by atoms with van der Waals surface area (Å²) in [5.41, 5.74) is -0.801. The van der Waals surface area contributed by atoms with Gasteiger partial charge in [0.1, 0.15) is 0 Å². The van der Waals surface area contributed by atoms with Gasteiger partial charge in [-0.05, 0) is 91.0 Å². The molecule has 0 heterocycles. The van der Waals surface area contributed by atoms with Gasteiger partial charge < -0.3 is 5.32 Å². The molecule has 42 heavy (non-hydrogen) atoms. The van der Waals surface area contributed by atoms with Crippen LogP contribution in [0.1, 0.15) is 15.9 Å². The zero-order valence-electron chi connectivity index (χ0n) is 21.4. The van der Waals surface area contributed by atoms with Crippen molar-refractivity contribution in [2.75, 3.05) is 21.4 Å². The Labute approximate surface area is 249 Å². The normalized spacial score (nSPS) is 12.0. The molecule has 4 aromatic carbocycles. The van der Waals surface area contributed by atoms with Crippen molar-refractivity contribution in [2.24, 2.45) is 0 Å². The van der Waals surface area contributed by atoms with Crippen LogP contribution in [0.25, 0.3) is 0 Å². The molecule has 0 saturated heterocycles. The summed E-state index contributed by atoms with van der Waals surface area (Å²) in [6, 6.07) is 19.0. The highest BCUT2D eigenvalue weighted by Crippen LogP contribution is 2.36. The van der Waals surface area contributed by atoms with Crippen molar-refractivity contribution in [1.29, 1.82) is 0 Å². The summed E-state index contributed by atoms with van der Waals surface area (Å²) in [6.07, 6.45) is -4.77. The first kappa shape index (κ1) is 31.2. The van der Waals surface area contributed by atoms with Gasteiger partial charge in [0.2, 0.25) is 0 Å². The highest BCUT2D eigenvalue weighted by molar-refractivity contribution is 7.93. The monoisotopic (exact) mass is 657 g/mol. The fraction of sp³-hybridized carbons (Fsp3) is 0.0741. The summed E-state index contributed by atoms with van der Waals surface area (Å²) in [5, 5.41) is 2.40. The lowest BCUT2D eigenvalue weighted by Crippen LogP contribution is -2.26. The number of hydrogen-bond donors (Lipinski definition) is 2. The van der Waals surface area contributed by atoms with Crippen molar-refractivity contribution in [1.82, 2.24) is 0 Å². The van der Waals surface area contributed by atoms with E-state index in [2.05, 4.69) is 10.0 Å². The van der Waals surface area contributed by atoms with Crippen molar-refractivity contribution in [2.45, 2.75) is 16.0 Å². The molecule has 0 radical (unpaired) electrons. The summed E-state index contributed by atoms with van der Waals surface area (Å²) in [5.74, 6) is -0.556. The lowest BCUT2D eigenvalue weighted by Gasteiger charge is -2.20. The predicted molar refractivity (Wildman–Crippen MR) is 155 cm³/mol. The molecule has 4 rings (SSSR count). The summed E-state index contributed by atoms with van der Waals surface area (Å²) in [4.78, 5) is 12.5. The Bertz CT molecular complexity index is 1830. The molecule has 0 aliphatic rings. The fourth-order valence-corrected chi connectivity index (χ4v) is 6.26. The van der Waals surface area contributed by atoms with Crippen molar-refractivity contribution >= 4 is 66.2 Å². The molecular formula is C27H20Cl2F3N3O5S2. The number of anilines is 3. The van der Waals surface area contributed by atoms with E-state index in [0.29, 0.717) is 16.8 Å². The van der Waals surface area contributed by atoms with Crippen molar-refractivity contribution in [3.05, 3.63) is 112 Å². The third kappa shape index (κ3) is 6.98. The molecule has 0 spiro atoms. The molecule has 220 valence electrons. The maximum Gasteiger partial charge on any atom is 0.417 e. The molecule has 0 bridgehead atoms. The van der Waals surface area contributed by atoms with Gasteiger partial charge in [0.15, 0.2) is 0 Å². The number of hydrogen-bond acceptors (Lipinski definition) is 5. The highest BCUT2D eigenvalue weighted by atomic mass is 35.5. The van der Waals surface area contributed by atoms with Gasteiger partial charge in [-0.3, -0.25) is 13.8 Å². The lowest BCUT2D eigenvalue weighted by atomic mass is 10.2. The Balaban J connectivity index is 1.43. The number of sulfonamides is 2. The van der Waals surface area contributed by atoms with Gasteiger partial charge in [-0.1, -0.05) is 23.2 Å². The van der Waals surface area contributed by atoms with Crippen LogP contribution < -0.4 is 14.3 Å². The number of alkyl halides is 3. The fourth-order valence-electron chi connectivity index (χ4n) is 3.67. The van der Waals surface area contributed by atoms with Gasteiger partial charge >= 0.3 is 6.18 Å². The largest absolute Gasteiger partial charge is 0.417 e. The summed E-state index contributed by atoms with van der Waals surface area (Å²) in [6.45, 7) is 0. The van der Waals surface area contributed by atoms with Crippen LogP contribution in [0.15, 0.2) is 101 Å². The second kappa shape index (κ2) is 11.8. The topological polar surface area (TPSA) is 113 Å². The molecule has 1 amide bonds. The highest BCUT2D eigenvalue weighted by Gasteiger charge is 2.33. The summed E-state index contributed by atoms with van der Waals surface area (Å²) < 4.78 is 93.6. The van der Waals surface area contributed by atoms with E-state index in [9.17, 15) is 34.8 Å². The standard InChI is InChI=1S/C27H20Cl2F3N3O5S2/c1-35(42(39,40)23-11-4-18(28)5-12-23)21-9-2-17(3-10-21)26(36)33-19-6-13-22(14-7-19)41(37,38)34-20-8-15-25(29)24(16-20)27(30,31)32/h2-16,34H,1H3,(H,33,36). The Morgan fingerprint density at radius 1 is 0.762 bits per heavy atom. The maximum atomic E-state index is 13.1. The predicted octanol–water partition coefficient (Wildman–Crippen LogP) is 6.89. The summed E-state index contributed by atoms with van der Waals surface area (Å²) in [7, 11) is -6.77. The maximum absolute atomic E-state index is 13.1. The quantitative estimate of drug-likeness (QED) is 0.214. The number of benzene rings is 4. The van der Waals surface area contributed by atoms with E-state index in [1.807, 2.05) is 0 Å². The second-order valence-corrected chi connectivity index (χ2v) is 13.2. The average Bonchev–Trinajstić information content (AvgIpc) is 2.93. The second-order valence-electron chi connectivity index (χ2n) is 8.75. The lowest BCUT2D eigenvalue weighted by molar-refractivity contribution is -0.137. The molecule has 0 atom stereocenters. The van der Waals surface area contributed by atoms with Crippen LogP contribution in [-0.2, 0) is 26.2 Å². The van der Waals surface area contributed by atoms with Gasteiger partial charge in [-0.15, -0.1) is 0 Å². The molecular weight excluding hydrogens is 638 g/mol. The van der Waals surface area contributed by atoms with Crippen LogP contribution >= 0.6 is 23.2 Å². The number of carbonyl (C=O) groups excluding carboxylic acids is 1. The minimum absolute atomic E-state index is 0.0381. The third-order valence-corrected chi connectivity index (χ3v) is 9.69. The number of amides is 1. The van der Waals surface area contributed by atoms with Gasteiger partial charge in [-0.25, -0.2) is 16.8 Å². The van der Waals surface area contributed by atoms with Crippen molar-refractivity contribution in [3.8, 4) is 0 Å². The Kier molecular flexibility index (Phi) is 8.78. The smallest absolute Gasteiger partial charge is 0.322 e. The van der Waals surface area contributed by atoms with E-state index in [1.165, 1.54) is 67.7 Å². The Hall–Kier alpha value is -3.78. The van der Waals surface area contributed by atoms with Crippen LogP contribution in [0.3, 0.4) is 0 Å². The van der Waals surface area contributed by atoms with E-state index in [0.717, 1.165) is 28.6 Å². The molecule has 15 heteroatoms. The van der Waals surface area contributed by atoms with Gasteiger partial charge in [0, 0.05) is 29.0 Å².